The highest BCUT2D eigenvalue weighted by atomic mass is 32.1. The lowest BCUT2D eigenvalue weighted by Gasteiger charge is -2.18. The molecule has 0 aliphatic rings. The Kier molecular flexibility index (Phi) is 6.36. The van der Waals surface area contributed by atoms with Gasteiger partial charge in [-0.2, -0.15) is 0 Å². The molecule has 118 valence electrons. The van der Waals surface area contributed by atoms with Gasteiger partial charge in [-0.1, -0.05) is 26.0 Å². The van der Waals surface area contributed by atoms with Gasteiger partial charge in [0.1, 0.15) is 5.01 Å². The number of aromatic nitrogens is 1. The molecule has 0 atom stereocenters. The SMILES string of the molecule is CCN(CC)CCNC(=O)Nc1cccc(-c2nccs2)c1. The van der Waals surface area contributed by atoms with Gasteiger partial charge in [0.05, 0.1) is 0 Å². The first kappa shape index (κ1) is 16.5. The number of hydrogen-bond acceptors (Lipinski definition) is 4. The lowest BCUT2D eigenvalue weighted by molar-refractivity contribution is 0.248. The highest BCUT2D eigenvalue weighted by Gasteiger charge is 2.05. The zero-order valence-corrected chi connectivity index (χ0v) is 13.8. The van der Waals surface area contributed by atoms with E-state index in [1.165, 1.54) is 0 Å². The van der Waals surface area contributed by atoms with Crippen molar-refractivity contribution in [3.05, 3.63) is 35.8 Å². The molecular formula is C16H22N4OS. The maximum atomic E-state index is 11.9. The number of likely N-dealkylation sites (N-methyl/N-ethyl adjacent to an activating group) is 1. The van der Waals surface area contributed by atoms with Gasteiger partial charge in [-0.15, -0.1) is 11.3 Å². The number of urea groups is 1. The Labute approximate surface area is 135 Å². The fourth-order valence-electron chi connectivity index (χ4n) is 2.14. The van der Waals surface area contributed by atoms with Gasteiger partial charge in [-0.3, -0.25) is 0 Å². The molecule has 2 aromatic rings. The second-order valence-corrected chi connectivity index (χ2v) is 5.72. The third-order valence-corrected chi connectivity index (χ3v) is 4.23. The summed E-state index contributed by atoms with van der Waals surface area (Å²) in [5.74, 6) is 0. The predicted molar refractivity (Wildman–Crippen MR) is 92.4 cm³/mol. The fourth-order valence-corrected chi connectivity index (χ4v) is 2.77. The Hall–Kier alpha value is -1.92. The summed E-state index contributed by atoms with van der Waals surface area (Å²) >= 11 is 1.58. The molecule has 0 fully saturated rings. The highest BCUT2D eigenvalue weighted by Crippen LogP contribution is 2.24. The molecule has 5 nitrogen and oxygen atoms in total. The number of amides is 2. The summed E-state index contributed by atoms with van der Waals surface area (Å²) < 4.78 is 0. The van der Waals surface area contributed by atoms with E-state index in [1.54, 1.807) is 17.5 Å². The van der Waals surface area contributed by atoms with Crippen molar-refractivity contribution in [2.24, 2.45) is 0 Å². The average molecular weight is 318 g/mol. The van der Waals surface area contributed by atoms with Crippen molar-refractivity contribution in [3.8, 4) is 10.6 Å². The molecule has 1 heterocycles. The van der Waals surface area contributed by atoms with E-state index >= 15 is 0 Å². The number of anilines is 1. The van der Waals surface area contributed by atoms with Crippen LogP contribution in [-0.4, -0.2) is 42.1 Å². The molecule has 6 heteroatoms. The molecule has 0 aliphatic carbocycles. The molecule has 2 rings (SSSR count). The monoisotopic (exact) mass is 318 g/mol. The van der Waals surface area contributed by atoms with Crippen LogP contribution >= 0.6 is 11.3 Å². The summed E-state index contributed by atoms with van der Waals surface area (Å²) in [5.41, 5.74) is 1.78. The first-order valence-electron chi connectivity index (χ1n) is 7.50. The fraction of sp³-hybridized carbons (Fsp3) is 0.375. The molecule has 2 amide bonds. The second-order valence-electron chi connectivity index (χ2n) is 4.83. The lowest BCUT2D eigenvalue weighted by Crippen LogP contribution is -2.36. The Bertz CT molecular complexity index is 582. The summed E-state index contributed by atoms with van der Waals surface area (Å²) in [6, 6.07) is 7.54. The maximum absolute atomic E-state index is 11.9. The third-order valence-electron chi connectivity index (χ3n) is 3.41. The van der Waals surface area contributed by atoms with E-state index < -0.39 is 0 Å². The zero-order valence-electron chi connectivity index (χ0n) is 13.0. The van der Waals surface area contributed by atoms with E-state index in [9.17, 15) is 4.79 Å². The van der Waals surface area contributed by atoms with Gasteiger partial charge >= 0.3 is 6.03 Å². The zero-order chi connectivity index (χ0) is 15.8. The molecule has 1 aromatic heterocycles. The Morgan fingerprint density at radius 3 is 2.82 bits per heavy atom. The van der Waals surface area contributed by atoms with Crippen molar-refractivity contribution in [2.75, 3.05) is 31.5 Å². The van der Waals surface area contributed by atoms with Crippen LogP contribution in [0.4, 0.5) is 10.5 Å². The van der Waals surface area contributed by atoms with Gasteiger partial charge in [0.15, 0.2) is 0 Å². The number of carbonyl (C=O) groups excluding carboxylic acids is 1. The molecule has 22 heavy (non-hydrogen) atoms. The molecule has 0 saturated carbocycles. The molecule has 0 radical (unpaired) electrons. The van der Waals surface area contributed by atoms with Gasteiger partial charge in [0.2, 0.25) is 0 Å². The number of carbonyl (C=O) groups is 1. The van der Waals surface area contributed by atoms with Gasteiger partial charge < -0.3 is 15.5 Å². The van der Waals surface area contributed by atoms with Crippen LogP contribution in [0, 0.1) is 0 Å². The van der Waals surface area contributed by atoms with Crippen LogP contribution in [0.3, 0.4) is 0 Å². The smallest absolute Gasteiger partial charge is 0.319 e. The number of benzene rings is 1. The number of rotatable bonds is 7. The van der Waals surface area contributed by atoms with Gasteiger partial charge in [-0.05, 0) is 25.2 Å². The van der Waals surface area contributed by atoms with E-state index in [1.807, 2.05) is 29.6 Å². The minimum Gasteiger partial charge on any atom is -0.337 e. The number of hydrogen-bond donors (Lipinski definition) is 2. The average Bonchev–Trinajstić information content (AvgIpc) is 3.06. The van der Waals surface area contributed by atoms with Crippen LogP contribution in [0.2, 0.25) is 0 Å². The molecular weight excluding hydrogens is 296 g/mol. The Morgan fingerprint density at radius 1 is 1.32 bits per heavy atom. The quantitative estimate of drug-likeness (QED) is 0.824. The number of thiazole rings is 1. The third kappa shape index (κ3) is 4.82. The Balaban J connectivity index is 1.85. The minimum absolute atomic E-state index is 0.177. The Morgan fingerprint density at radius 2 is 2.14 bits per heavy atom. The van der Waals surface area contributed by atoms with Gasteiger partial charge in [-0.25, -0.2) is 9.78 Å². The minimum atomic E-state index is -0.177. The van der Waals surface area contributed by atoms with Gasteiger partial charge in [0.25, 0.3) is 0 Å². The first-order chi connectivity index (χ1) is 10.7. The second kappa shape index (κ2) is 8.51. The maximum Gasteiger partial charge on any atom is 0.319 e. The largest absolute Gasteiger partial charge is 0.337 e. The summed E-state index contributed by atoms with van der Waals surface area (Å²) in [4.78, 5) is 18.5. The highest BCUT2D eigenvalue weighted by molar-refractivity contribution is 7.13. The summed E-state index contributed by atoms with van der Waals surface area (Å²) in [5, 5.41) is 8.63. The summed E-state index contributed by atoms with van der Waals surface area (Å²) in [7, 11) is 0. The lowest BCUT2D eigenvalue weighted by atomic mass is 10.2. The van der Waals surface area contributed by atoms with Crippen molar-refractivity contribution >= 4 is 23.1 Å². The van der Waals surface area contributed by atoms with Gasteiger partial charge in [0, 0.05) is 35.9 Å². The van der Waals surface area contributed by atoms with Crippen LogP contribution in [0.5, 0.6) is 0 Å². The van der Waals surface area contributed by atoms with E-state index in [-0.39, 0.29) is 6.03 Å². The number of nitrogens with one attached hydrogen (secondary N) is 2. The molecule has 1 aromatic carbocycles. The van der Waals surface area contributed by atoms with E-state index in [2.05, 4.69) is 34.4 Å². The van der Waals surface area contributed by atoms with Crippen molar-refractivity contribution < 1.29 is 4.79 Å². The number of nitrogens with zero attached hydrogens (tertiary/aromatic N) is 2. The van der Waals surface area contributed by atoms with Crippen molar-refractivity contribution in [3.63, 3.8) is 0 Å². The van der Waals surface area contributed by atoms with Crippen molar-refractivity contribution in [1.82, 2.24) is 15.2 Å². The molecule has 0 bridgehead atoms. The molecule has 0 saturated heterocycles. The molecule has 0 aliphatic heterocycles. The predicted octanol–water partition coefficient (Wildman–Crippen LogP) is 3.27. The van der Waals surface area contributed by atoms with Crippen LogP contribution < -0.4 is 10.6 Å². The van der Waals surface area contributed by atoms with Crippen LogP contribution in [0.15, 0.2) is 35.8 Å². The van der Waals surface area contributed by atoms with Crippen LogP contribution in [0.1, 0.15) is 13.8 Å². The standard InChI is InChI=1S/C16H22N4OS/c1-3-20(4-2)10-8-18-16(21)19-14-7-5-6-13(12-14)15-17-9-11-22-15/h5-7,9,11-12H,3-4,8,10H2,1-2H3,(H2,18,19,21). The van der Waals surface area contributed by atoms with Crippen LogP contribution in [0.25, 0.3) is 10.6 Å². The summed E-state index contributed by atoms with van der Waals surface area (Å²) in [6.45, 7) is 7.73. The topological polar surface area (TPSA) is 57.3 Å². The van der Waals surface area contributed by atoms with Crippen LogP contribution in [-0.2, 0) is 0 Å². The van der Waals surface area contributed by atoms with E-state index in [4.69, 9.17) is 0 Å². The van der Waals surface area contributed by atoms with E-state index in [0.29, 0.717) is 6.54 Å². The molecule has 0 spiro atoms. The van der Waals surface area contributed by atoms with E-state index in [0.717, 1.165) is 35.9 Å². The first-order valence-corrected chi connectivity index (χ1v) is 8.38. The summed E-state index contributed by atoms with van der Waals surface area (Å²) in [6.07, 6.45) is 1.78. The molecule has 2 N–H and O–H groups in total. The normalized spacial score (nSPS) is 10.7. The van der Waals surface area contributed by atoms with Crippen molar-refractivity contribution in [2.45, 2.75) is 13.8 Å². The van der Waals surface area contributed by atoms with Crippen molar-refractivity contribution in [1.29, 1.82) is 0 Å². The molecule has 0 unspecified atom stereocenters.